The minimum atomic E-state index is -3.71. The minimum Gasteiger partial charge on any atom is -0.399 e. The van der Waals surface area contributed by atoms with Crippen molar-refractivity contribution in [1.29, 1.82) is 0 Å². The Labute approximate surface area is 164 Å². The van der Waals surface area contributed by atoms with Crippen LogP contribution in [0.3, 0.4) is 0 Å². The van der Waals surface area contributed by atoms with Crippen LogP contribution in [-0.2, 0) is 10.0 Å². The highest BCUT2D eigenvalue weighted by Crippen LogP contribution is 2.19. The molecule has 2 aromatic rings. The second-order valence-corrected chi connectivity index (χ2v) is 8.06. The minimum absolute atomic E-state index is 0. The first-order valence-electron chi connectivity index (χ1n) is 8.28. The zero-order valence-electron chi connectivity index (χ0n) is 14.5. The first-order valence-corrected chi connectivity index (χ1v) is 9.72. The van der Waals surface area contributed by atoms with E-state index in [1.165, 1.54) is 16.4 Å². The van der Waals surface area contributed by atoms with Crippen LogP contribution in [0.25, 0.3) is 0 Å². The molecule has 1 amide bonds. The smallest absolute Gasteiger partial charge is 0.253 e. The van der Waals surface area contributed by atoms with Gasteiger partial charge in [-0.15, -0.1) is 12.4 Å². The maximum absolute atomic E-state index is 13.0. The average Bonchev–Trinajstić information content (AvgIpc) is 2.89. The largest absolute Gasteiger partial charge is 0.399 e. The van der Waals surface area contributed by atoms with Crippen LogP contribution in [0.4, 0.5) is 10.1 Å². The monoisotopic (exact) mass is 413 g/mol. The third-order valence-corrected chi connectivity index (χ3v) is 6.26. The lowest BCUT2D eigenvalue weighted by Gasteiger charge is -2.22. The van der Waals surface area contributed by atoms with Crippen LogP contribution in [0.2, 0.25) is 0 Å². The van der Waals surface area contributed by atoms with Gasteiger partial charge in [0.15, 0.2) is 0 Å². The summed E-state index contributed by atoms with van der Waals surface area (Å²) in [6.45, 7) is 1.27. The number of benzene rings is 2. The molecule has 2 N–H and O–H groups in total. The van der Waals surface area contributed by atoms with Crippen molar-refractivity contribution in [2.45, 2.75) is 11.3 Å². The van der Waals surface area contributed by atoms with E-state index >= 15 is 0 Å². The molecule has 3 rings (SSSR count). The van der Waals surface area contributed by atoms with Crippen LogP contribution < -0.4 is 5.73 Å². The fourth-order valence-electron chi connectivity index (χ4n) is 2.90. The first-order chi connectivity index (χ1) is 12.4. The summed E-state index contributed by atoms with van der Waals surface area (Å²) in [5.74, 6) is -0.633. The summed E-state index contributed by atoms with van der Waals surface area (Å²) >= 11 is 0. The second-order valence-electron chi connectivity index (χ2n) is 6.13. The van der Waals surface area contributed by atoms with Crippen molar-refractivity contribution < 1.29 is 17.6 Å². The molecule has 9 heteroatoms. The molecule has 146 valence electrons. The maximum Gasteiger partial charge on any atom is 0.253 e. The van der Waals surface area contributed by atoms with Crippen molar-refractivity contribution in [1.82, 2.24) is 9.21 Å². The molecule has 1 fully saturated rings. The fraction of sp³-hybridized carbons (Fsp3) is 0.278. The third kappa shape index (κ3) is 4.77. The third-order valence-electron chi connectivity index (χ3n) is 4.35. The first kappa shape index (κ1) is 21.1. The summed E-state index contributed by atoms with van der Waals surface area (Å²) in [6.07, 6.45) is 0.529. The average molecular weight is 414 g/mol. The van der Waals surface area contributed by atoms with Crippen molar-refractivity contribution in [2.24, 2.45) is 0 Å². The second kappa shape index (κ2) is 8.69. The van der Waals surface area contributed by atoms with Gasteiger partial charge in [0.2, 0.25) is 10.0 Å². The van der Waals surface area contributed by atoms with Crippen LogP contribution >= 0.6 is 12.4 Å². The number of sulfonamides is 1. The molecule has 1 aliphatic rings. The van der Waals surface area contributed by atoms with Gasteiger partial charge in [-0.1, -0.05) is 0 Å². The molecule has 0 atom stereocenters. The van der Waals surface area contributed by atoms with E-state index in [0.29, 0.717) is 37.3 Å². The Morgan fingerprint density at radius 1 is 0.926 bits per heavy atom. The van der Waals surface area contributed by atoms with Crippen molar-refractivity contribution >= 4 is 34.0 Å². The van der Waals surface area contributed by atoms with Gasteiger partial charge in [-0.3, -0.25) is 4.79 Å². The molecular formula is C18H21ClFN3O3S. The van der Waals surface area contributed by atoms with E-state index in [2.05, 4.69) is 0 Å². The molecule has 1 aliphatic heterocycles. The van der Waals surface area contributed by atoms with Gasteiger partial charge in [0, 0.05) is 37.4 Å². The summed E-state index contributed by atoms with van der Waals surface area (Å²) in [6, 6.07) is 11.4. The molecule has 0 bridgehead atoms. The molecule has 0 aromatic heterocycles. The number of carbonyl (C=O) groups excluding carboxylic acids is 1. The SMILES string of the molecule is Cl.Nc1ccc(C(=O)N2CCCN(S(=O)(=O)c3ccc(F)cc3)CC2)cc1. The Kier molecular flexibility index (Phi) is 6.80. The number of halogens is 2. The Bertz CT molecular complexity index is 889. The van der Waals surface area contributed by atoms with Crippen molar-refractivity contribution in [3.63, 3.8) is 0 Å². The number of rotatable bonds is 3. The Hall–Kier alpha value is -2.16. The zero-order chi connectivity index (χ0) is 18.7. The molecular weight excluding hydrogens is 393 g/mol. The van der Waals surface area contributed by atoms with E-state index in [0.717, 1.165) is 12.1 Å². The highest BCUT2D eigenvalue weighted by molar-refractivity contribution is 7.89. The number of carbonyl (C=O) groups is 1. The number of nitrogens with zero attached hydrogens (tertiary/aromatic N) is 2. The van der Waals surface area contributed by atoms with Crippen LogP contribution in [0.1, 0.15) is 16.8 Å². The summed E-state index contributed by atoms with van der Waals surface area (Å²) in [5.41, 5.74) is 6.74. The molecule has 0 spiro atoms. The molecule has 0 radical (unpaired) electrons. The summed E-state index contributed by atoms with van der Waals surface area (Å²) in [4.78, 5) is 14.3. The van der Waals surface area contributed by atoms with Gasteiger partial charge in [0.05, 0.1) is 4.90 Å². The molecule has 1 saturated heterocycles. The molecule has 0 saturated carbocycles. The normalized spacial score (nSPS) is 15.7. The Morgan fingerprint density at radius 2 is 1.56 bits per heavy atom. The van der Waals surface area contributed by atoms with Crippen molar-refractivity contribution in [3.8, 4) is 0 Å². The van der Waals surface area contributed by atoms with Crippen LogP contribution in [0, 0.1) is 5.82 Å². The highest BCUT2D eigenvalue weighted by atomic mass is 35.5. The summed E-state index contributed by atoms with van der Waals surface area (Å²) in [5, 5.41) is 0. The summed E-state index contributed by atoms with van der Waals surface area (Å²) in [7, 11) is -3.71. The van der Waals surface area contributed by atoms with Crippen LogP contribution in [-0.4, -0.2) is 49.7 Å². The number of nitrogens with two attached hydrogens (primary N) is 1. The van der Waals surface area contributed by atoms with E-state index in [9.17, 15) is 17.6 Å². The van der Waals surface area contributed by atoms with Crippen LogP contribution in [0.5, 0.6) is 0 Å². The standard InChI is InChI=1S/C18H20FN3O3S.ClH/c19-15-4-8-17(9-5-15)26(24,25)22-11-1-10-21(12-13-22)18(23)14-2-6-16(20)7-3-14;/h2-9H,1,10-13,20H2;1H. The Morgan fingerprint density at radius 3 is 2.19 bits per heavy atom. The van der Waals surface area contributed by atoms with Gasteiger partial charge in [0.1, 0.15) is 5.82 Å². The predicted octanol–water partition coefficient (Wildman–Crippen LogP) is 2.37. The molecule has 6 nitrogen and oxygen atoms in total. The van der Waals surface area contributed by atoms with Gasteiger partial charge in [-0.2, -0.15) is 4.31 Å². The number of amides is 1. The molecule has 0 unspecified atom stereocenters. The number of anilines is 1. The van der Waals surface area contributed by atoms with Gasteiger partial charge in [-0.05, 0) is 55.0 Å². The molecule has 0 aliphatic carbocycles. The van der Waals surface area contributed by atoms with Gasteiger partial charge in [-0.25, -0.2) is 12.8 Å². The van der Waals surface area contributed by atoms with E-state index in [1.54, 1.807) is 29.2 Å². The molecule has 27 heavy (non-hydrogen) atoms. The number of hydrogen-bond donors (Lipinski definition) is 1. The zero-order valence-corrected chi connectivity index (χ0v) is 16.2. The van der Waals surface area contributed by atoms with Crippen molar-refractivity contribution in [2.75, 3.05) is 31.9 Å². The van der Waals surface area contributed by atoms with E-state index in [4.69, 9.17) is 5.73 Å². The van der Waals surface area contributed by atoms with E-state index in [-0.39, 0.29) is 29.8 Å². The Balaban J connectivity index is 0.00000261. The highest BCUT2D eigenvalue weighted by Gasteiger charge is 2.28. The predicted molar refractivity (Wildman–Crippen MR) is 104 cm³/mol. The number of nitrogen functional groups attached to an aromatic ring is 1. The van der Waals surface area contributed by atoms with E-state index in [1.807, 2.05) is 0 Å². The van der Waals surface area contributed by atoms with Gasteiger partial charge in [0.25, 0.3) is 5.91 Å². The van der Waals surface area contributed by atoms with Gasteiger partial charge >= 0.3 is 0 Å². The quantitative estimate of drug-likeness (QED) is 0.783. The fourth-order valence-corrected chi connectivity index (χ4v) is 4.37. The van der Waals surface area contributed by atoms with Gasteiger partial charge < -0.3 is 10.6 Å². The molecule has 1 heterocycles. The van der Waals surface area contributed by atoms with Crippen LogP contribution in [0.15, 0.2) is 53.4 Å². The lowest BCUT2D eigenvalue weighted by Crippen LogP contribution is -2.37. The molecule has 2 aromatic carbocycles. The topological polar surface area (TPSA) is 83.7 Å². The summed E-state index contributed by atoms with van der Waals surface area (Å²) < 4.78 is 39.8. The lowest BCUT2D eigenvalue weighted by molar-refractivity contribution is 0.0764. The van der Waals surface area contributed by atoms with Crippen molar-refractivity contribution in [3.05, 3.63) is 59.9 Å². The lowest BCUT2D eigenvalue weighted by atomic mass is 10.2. The number of hydrogen-bond acceptors (Lipinski definition) is 4. The maximum atomic E-state index is 13.0. The van der Waals surface area contributed by atoms with E-state index < -0.39 is 15.8 Å².